The van der Waals surface area contributed by atoms with E-state index < -0.39 is 17.5 Å². The number of thioether (sulfide) groups is 1. The topological polar surface area (TPSA) is 33.1 Å². The predicted molar refractivity (Wildman–Crippen MR) is 91.5 cm³/mol. The minimum Gasteiger partial charge on any atom is -0.376 e. The van der Waals surface area contributed by atoms with Gasteiger partial charge < -0.3 is 5.11 Å². The number of hydrogen-bond donors (Lipinski definition) is 1. The lowest BCUT2D eigenvalue weighted by atomic mass is 10.0. The molecule has 0 aliphatic carbocycles. The molecule has 0 saturated heterocycles. The van der Waals surface area contributed by atoms with Gasteiger partial charge in [0.25, 0.3) is 0 Å². The highest BCUT2D eigenvalue weighted by atomic mass is 35.5. The zero-order valence-corrected chi connectivity index (χ0v) is 14.4. The Kier molecular flexibility index (Phi) is 6.20. The number of nitrogens with zero attached hydrogens (tertiary/aromatic N) is 1. The molecule has 1 heterocycles. The van der Waals surface area contributed by atoms with Gasteiger partial charge in [-0.15, -0.1) is 11.8 Å². The van der Waals surface area contributed by atoms with Crippen molar-refractivity contribution in [2.45, 2.75) is 16.8 Å². The Labute approximate surface area is 151 Å². The van der Waals surface area contributed by atoms with Crippen LogP contribution >= 0.6 is 35.0 Å². The zero-order chi connectivity index (χ0) is 17.8. The molecule has 2 rings (SSSR count). The van der Waals surface area contributed by atoms with Crippen LogP contribution in [0.25, 0.3) is 6.08 Å². The van der Waals surface area contributed by atoms with Crippen molar-refractivity contribution in [3.05, 3.63) is 64.3 Å². The van der Waals surface area contributed by atoms with Crippen LogP contribution in [-0.2, 0) is 0 Å². The lowest BCUT2D eigenvalue weighted by Gasteiger charge is -2.27. The molecule has 0 bridgehead atoms. The first kappa shape index (κ1) is 19.1. The fourth-order valence-electron chi connectivity index (χ4n) is 1.69. The molecular formula is C16H12Cl2F3NOS. The minimum absolute atomic E-state index is 0.220. The van der Waals surface area contributed by atoms with Gasteiger partial charge in [0.2, 0.25) is 0 Å². The summed E-state index contributed by atoms with van der Waals surface area (Å²) in [6.45, 7) is 0. The summed E-state index contributed by atoms with van der Waals surface area (Å²) >= 11 is 12.4. The highest BCUT2D eigenvalue weighted by Gasteiger charge is 2.51. The maximum Gasteiger partial charge on any atom is 0.421 e. The summed E-state index contributed by atoms with van der Waals surface area (Å²) in [5, 5.41) is 11.0. The molecule has 1 N–H and O–H groups in total. The van der Waals surface area contributed by atoms with E-state index in [0.717, 1.165) is 17.8 Å². The fraction of sp³-hybridized carbons (Fsp3) is 0.188. The summed E-state index contributed by atoms with van der Waals surface area (Å²) in [7, 11) is 0. The molecule has 0 aliphatic rings. The summed E-state index contributed by atoms with van der Waals surface area (Å²) in [6, 6.07) is 9.29. The highest BCUT2D eigenvalue weighted by molar-refractivity contribution is 7.99. The van der Waals surface area contributed by atoms with Crippen LogP contribution in [0.2, 0.25) is 10.0 Å². The first-order valence-electron chi connectivity index (χ1n) is 6.68. The van der Waals surface area contributed by atoms with E-state index in [0.29, 0.717) is 21.7 Å². The number of aromatic nitrogens is 1. The summed E-state index contributed by atoms with van der Waals surface area (Å²) in [5.74, 6) is -0.620. The second-order valence-corrected chi connectivity index (χ2v) is 6.70. The Bertz CT molecular complexity index is 725. The van der Waals surface area contributed by atoms with E-state index in [1.54, 1.807) is 18.2 Å². The Hall–Kier alpha value is -1.21. The molecule has 1 aromatic heterocycles. The molecule has 0 radical (unpaired) electrons. The van der Waals surface area contributed by atoms with Crippen LogP contribution in [0.5, 0.6) is 0 Å². The summed E-state index contributed by atoms with van der Waals surface area (Å²) in [6.07, 6.45) is -1.49. The first-order chi connectivity index (χ1) is 11.2. The molecule has 1 aromatic carbocycles. The minimum atomic E-state index is -4.83. The van der Waals surface area contributed by atoms with Gasteiger partial charge in [-0.05, 0) is 35.9 Å². The van der Waals surface area contributed by atoms with Crippen LogP contribution < -0.4 is 0 Å². The van der Waals surface area contributed by atoms with Crippen molar-refractivity contribution in [2.75, 3.05) is 5.75 Å². The molecule has 0 saturated carbocycles. The van der Waals surface area contributed by atoms with Crippen LogP contribution in [0.15, 0.2) is 53.7 Å². The van der Waals surface area contributed by atoms with E-state index >= 15 is 0 Å². The van der Waals surface area contributed by atoms with E-state index in [2.05, 4.69) is 4.98 Å². The molecule has 128 valence electrons. The number of rotatable bonds is 5. The van der Waals surface area contributed by atoms with E-state index in [9.17, 15) is 18.3 Å². The van der Waals surface area contributed by atoms with E-state index in [-0.39, 0.29) is 5.02 Å². The standard InChI is InChI=1S/C16H12Cl2F3NOS/c17-12-5-4-11(9-13(12)18)6-7-15(23,16(19,20)21)10-24-14-3-1-2-8-22-14/h1-9,23H,10H2/b7-6+. The summed E-state index contributed by atoms with van der Waals surface area (Å²) in [5.41, 5.74) is -2.60. The third kappa shape index (κ3) is 4.89. The molecule has 24 heavy (non-hydrogen) atoms. The van der Waals surface area contributed by atoms with E-state index in [1.807, 2.05) is 0 Å². The van der Waals surface area contributed by atoms with Crippen LogP contribution in [-0.4, -0.2) is 27.6 Å². The van der Waals surface area contributed by atoms with Crippen molar-refractivity contribution in [1.29, 1.82) is 0 Å². The summed E-state index contributed by atoms with van der Waals surface area (Å²) in [4.78, 5) is 3.93. The number of aliphatic hydroxyl groups is 1. The fourth-order valence-corrected chi connectivity index (χ4v) is 2.94. The number of hydrogen-bond acceptors (Lipinski definition) is 3. The Morgan fingerprint density at radius 1 is 1.12 bits per heavy atom. The predicted octanol–water partition coefficient (Wildman–Crippen LogP) is 5.49. The van der Waals surface area contributed by atoms with Gasteiger partial charge in [-0.1, -0.05) is 41.4 Å². The largest absolute Gasteiger partial charge is 0.421 e. The SMILES string of the molecule is OC(/C=C/c1ccc(Cl)c(Cl)c1)(CSc1ccccn1)C(F)(F)F. The molecule has 0 aliphatic heterocycles. The average Bonchev–Trinajstić information content (AvgIpc) is 2.54. The van der Waals surface area contributed by atoms with Crippen molar-refractivity contribution in [3.63, 3.8) is 0 Å². The van der Waals surface area contributed by atoms with Crippen molar-refractivity contribution in [2.24, 2.45) is 0 Å². The molecule has 8 heteroatoms. The third-order valence-corrected chi connectivity index (χ3v) is 4.92. The monoisotopic (exact) mass is 393 g/mol. The van der Waals surface area contributed by atoms with Crippen LogP contribution in [0.4, 0.5) is 13.2 Å². The maximum absolute atomic E-state index is 13.3. The third-order valence-electron chi connectivity index (χ3n) is 3.06. The van der Waals surface area contributed by atoms with Gasteiger partial charge in [-0.3, -0.25) is 0 Å². The molecule has 0 fully saturated rings. The molecule has 0 spiro atoms. The van der Waals surface area contributed by atoms with Crippen LogP contribution in [0, 0.1) is 0 Å². The quantitative estimate of drug-likeness (QED) is 0.681. The van der Waals surface area contributed by atoms with Crippen LogP contribution in [0.1, 0.15) is 5.56 Å². The number of benzene rings is 1. The Balaban J connectivity index is 2.20. The normalized spacial score (nSPS) is 14.8. The number of alkyl halides is 3. The average molecular weight is 394 g/mol. The van der Waals surface area contributed by atoms with Gasteiger partial charge in [0.15, 0.2) is 5.60 Å². The lowest BCUT2D eigenvalue weighted by molar-refractivity contribution is -0.230. The van der Waals surface area contributed by atoms with Crippen molar-refractivity contribution in [3.8, 4) is 0 Å². The molecule has 2 aromatic rings. The Morgan fingerprint density at radius 3 is 2.46 bits per heavy atom. The van der Waals surface area contributed by atoms with Gasteiger partial charge in [0.1, 0.15) is 0 Å². The van der Waals surface area contributed by atoms with Crippen molar-refractivity contribution >= 4 is 41.0 Å². The molecule has 1 unspecified atom stereocenters. The van der Waals surface area contributed by atoms with E-state index in [4.69, 9.17) is 23.2 Å². The van der Waals surface area contributed by atoms with Gasteiger partial charge in [0.05, 0.1) is 15.1 Å². The molecule has 2 nitrogen and oxygen atoms in total. The number of pyridine rings is 1. The van der Waals surface area contributed by atoms with Crippen LogP contribution in [0.3, 0.4) is 0 Å². The van der Waals surface area contributed by atoms with Crippen molar-refractivity contribution in [1.82, 2.24) is 4.98 Å². The molecular weight excluding hydrogens is 382 g/mol. The molecule has 0 amide bonds. The molecule has 1 atom stereocenters. The second kappa shape index (κ2) is 7.78. The number of halogens is 5. The smallest absolute Gasteiger partial charge is 0.376 e. The maximum atomic E-state index is 13.3. The van der Waals surface area contributed by atoms with E-state index in [1.165, 1.54) is 24.4 Å². The van der Waals surface area contributed by atoms with Gasteiger partial charge in [-0.25, -0.2) is 4.98 Å². The summed E-state index contributed by atoms with van der Waals surface area (Å²) < 4.78 is 39.8. The van der Waals surface area contributed by atoms with Gasteiger partial charge >= 0.3 is 6.18 Å². The van der Waals surface area contributed by atoms with Gasteiger partial charge in [-0.2, -0.15) is 13.2 Å². The van der Waals surface area contributed by atoms with Gasteiger partial charge in [0, 0.05) is 11.9 Å². The lowest BCUT2D eigenvalue weighted by Crippen LogP contribution is -2.45. The van der Waals surface area contributed by atoms with Crippen molar-refractivity contribution < 1.29 is 18.3 Å². The highest BCUT2D eigenvalue weighted by Crippen LogP contribution is 2.36. The zero-order valence-electron chi connectivity index (χ0n) is 12.1. The first-order valence-corrected chi connectivity index (χ1v) is 8.43. The second-order valence-electron chi connectivity index (χ2n) is 4.89. The Morgan fingerprint density at radius 2 is 1.88 bits per heavy atom.